The molecule has 31 heavy (non-hydrogen) atoms. The molecule has 0 saturated carbocycles. The fourth-order valence-electron chi connectivity index (χ4n) is 3.03. The Hall–Kier alpha value is -3.03. The molecule has 1 aromatic heterocycles. The molecule has 0 radical (unpaired) electrons. The van der Waals surface area contributed by atoms with Crippen LogP contribution in [0.1, 0.15) is 21.7 Å². The lowest BCUT2D eigenvalue weighted by Crippen LogP contribution is -2.15. The second-order valence-corrected chi connectivity index (χ2v) is 8.35. The van der Waals surface area contributed by atoms with Crippen molar-refractivity contribution < 1.29 is 9.18 Å². The van der Waals surface area contributed by atoms with E-state index in [0.717, 1.165) is 15.6 Å². The number of aryl methyl sites for hydroxylation is 2. The Kier molecular flexibility index (Phi) is 5.89. The van der Waals surface area contributed by atoms with Crippen LogP contribution in [-0.4, -0.2) is 20.7 Å². The highest BCUT2D eigenvalue weighted by Crippen LogP contribution is 2.26. The molecule has 0 bridgehead atoms. The Morgan fingerprint density at radius 3 is 2.45 bits per heavy atom. The normalized spacial score (nSPS) is 10.9. The van der Waals surface area contributed by atoms with Crippen molar-refractivity contribution in [1.82, 2.24) is 14.8 Å². The molecule has 0 aliphatic carbocycles. The largest absolute Gasteiger partial charge is 0.319 e. The lowest BCUT2D eigenvalue weighted by atomic mass is 10.2. The van der Waals surface area contributed by atoms with E-state index >= 15 is 0 Å². The first-order valence-corrected chi connectivity index (χ1v) is 10.6. The SMILES string of the molecule is Cc1ccc(-n2nc(C(=O)Nc3ccc(Br)cc3C)nc2-c2ccc(F)cc2)cc1Cl. The van der Waals surface area contributed by atoms with Gasteiger partial charge in [-0.05, 0) is 79.6 Å². The molecule has 0 unspecified atom stereocenters. The standard InChI is InChI=1S/C23H17BrClFN4O/c1-13-3-9-18(12-19(13)25)30-22(15-4-7-17(26)8-5-15)28-21(29-30)23(31)27-20-10-6-16(24)11-14(20)2/h3-12H,1-2H3,(H,27,31). The zero-order valence-electron chi connectivity index (χ0n) is 16.7. The van der Waals surface area contributed by atoms with E-state index in [1.165, 1.54) is 16.8 Å². The van der Waals surface area contributed by atoms with E-state index in [9.17, 15) is 9.18 Å². The van der Waals surface area contributed by atoms with Gasteiger partial charge >= 0.3 is 0 Å². The Morgan fingerprint density at radius 1 is 1.03 bits per heavy atom. The van der Waals surface area contributed by atoms with E-state index in [0.29, 0.717) is 27.8 Å². The number of aromatic nitrogens is 3. The summed E-state index contributed by atoms with van der Waals surface area (Å²) in [6.07, 6.45) is 0. The molecule has 0 spiro atoms. The van der Waals surface area contributed by atoms with Gasteiger partial charge in [0.15, 0.2) is 5.82 Å². The van der Waals surface area contributed by atoms with Crippen LogP contribution in [0.2, 0.25) is 5.02 Å². The highest BCUT2D eigenvalue weighted by atomic mass is 79.9. The van der Waals surface area contributed by atoms with Crippen LogP contribution in [0.25, 0.3) is 17.1 Å². The predicted octanol–water partition coefficient (Wildman–Crippen LogP) is 6.36. The van der Waals surface area contributed by atoms with E-state index in [4.69, 9.17) is 11.6 Å². The number of carbonyl (C=O) groups excluding carboxylic acids is 1. The number of hydrogen-bond donors (Lipinski definition) is 1. The molecule has 0 atom stereocenters. The average molecular weight is 500 g/mol. The minimum atomic E-state index is -0.453. The third-order valence-corrected chi connectivity index (χ3v) is 5.65. The minimum Gasteiger partial charge on any atom is -0.319 e. The van der Waals surface area contributed by atoms with Crippen LogP contribution in [0.15, 0.2) is 65.1 Å². The second-order valence-electron chi connectivity index (χ2n) is 7.02. The number of rotatable bonds is 4. The molecule has 3 aromatic carbocycles. The van der Waals surface area contributed by atoms with Crippen LogP contribution in [0.5, 0.6) is 0 Å². The first-order valence-electron chi connectivity index (χ1n) is 9.39. The fraction of sp³-hybridized carbons (Fsp3) is 0.0870. The Bertz CT molecular complexity index is 1290. The number of carbonyl (C=O) groups is 1. The number of hydrogen-bond acceptors (Lipinski definition) is 3. The maximum atomic E-state index is 13.4. The number of nitrogens with zero attached hydrogens (tertiary/aromatic N) is 3. The number of nitrogens with one attached hydrogen (secondary N) is 1. The van der Waals surface area contributed by atoms with Gasteiger partial charge in [0.25, 0.3) is 5.91 Å². The van der Waals surface area contributed by atoms with Gasteiger partial charge in [0.2, 0.25) is 5.82 Å². The summed E-state index contributed by atoms with van der Waals surface area (Å²) in [5.74, 6) is -0.432. The maximum Gasteiger partial charge on any atom is 0.295 e. The number of halogens is 3. The summed E-state index contributed by atoms with van der Waals surface area (Å²) in [6.45, 7) is 3.79. The third kappa shape index (κ3) is 4.52. The molecule has 5 nitrogen and oxygen atoms in total. The van der Waals surface area contributed by atoms with Crippen LogP contribution < -0.4 is 5.32 Å². The summed E-state index contributed by atoms with van der Waals surface area (Å²) in [7, 11) is 0. The van der Waals surface area contributed by atoms with Gasteiger partial charge in [-0.2, -0.15) is 0 Å². The molecule has 1 amide bonds. The average Bonchev–Trinajstić information content (AvgIpc) is 3.18. The van der Waals surface area contributed by atoms with Crippen molar-refractivity contribution in [2.24, 2.45) is 0 Å². The molecule has 1 heterocycles. The topological polar surface area (TPSA) is 59.8 Å². The van der Waals surface area contributed by atoms with E-state index in [1.54, 1.807) is 24.3 Å². The highest BCUT2D eigenvalue weighted by Gasteiger charge is 2.20. The molecular weight excluding hydrogens is 483 g/mol. The van der Waals surface area contributed by atoms with Gasteiger partial charge in [0.05, 0.1) is 5.69 Å². The highest BCUT2D eigenvalue weighted by molar-refractivity contribution is 9.10. The van der Waals surface area contributed by atoms with Crippen molar-refractivity contribution in [1.29, 1.82) is 0 Å². The molecular formula is C23H17BrClFN4O. The molecule has 8 heteroatoms. The Morgan fingerprint density at radius 2 is 1.77 bits per heavy atom. The zero-order chi connectivity index (χ0) is 22.1. The summed E-state index contributed by atoms with van der Waals surface area (Å²) in [5.41, 5.74) is 3.72. The van der Waals surface area contributed by atoms with Gasteiger partial charge in [-0.25, -0.2) is 14.1 Å². The zero-order valence-corrected chi connectivity index (χ0v) is 19.0. The molecule has 4 aromatic rings. The van der Waals surface area contributed by atoms with E-state index < -0.39 is 5.91 Å². The molecule has 156 valence electrons. The van der Waals surface area contributed by atoms with E-state index in [2.05, 4.69) is 31.3 Å². The van der Waals surface area contributed by atoms with Gasteiger partial charge in [-0.15, -0.1) is 5.10 Å². The molecule has 1 N–H and O–H groups in total. The van der Waals surface area contributed by atoms with Crippen molar-refractivity contribution in [2.75, 3.05) is 5.32 Å². The van der Waals surface area contributed by atoms with Crippen molar-refractivity contribution in [2.45, 2.75) is 13.8 Å². The number of benzene rings is 3. The van der Waals surface area contributed by atoms with E-state index in [1.807, 2.05) is 38.1 Å². The Labute approximate surface area is 192 Å². The van der Waals surface area contributed by atoms with Crippen LogP contribution in [0, 0.1) is 19.7 Å². The summed E-state index contributed by atoms with van der Waals surface area (Å²) in [6, 6.07) is 16.8. The monoisotopic (exact) mass is 498 g/mol. The van der Waals surface area contributed by atoms with Gasteiger partial charge in [0, 0.05) is 20.7 Å². The first-order chi connectivity index (χ1) is 14.8. The van der Waals surface area contributed by atoms with Gasteiger partial charge in [0.1, 0.15) is 5.82 Å². The van der Waals surface area contributed by atoms with Gasteiger partial charge < -0.3 is 5.32 Å². The molecule has 0 aliphatic heterocycles. The Balaban J connectivity index is 1.77. The van der Waals surface area contributed by atoms with Crippen LogP contribution in [0.3, 0.4) is 0 Å². The lowest BCUT2D eigenvalue weighted by Gasteiger charge is -2.08. The quantitative estimate of drug-likeness (QED) is 0.355. The summed E-state index contributed by atoms with van der Waals surface area (Å²) in [4.78, 5) is 17.4. The van der Waals surface area contributed by atoms with Gasteiger partial charge in [-0.3, -0.25) is 4.79 Å². The lowest BCUT2D eigenvalue weighted by molar-refractivity contribution is 0.101. The van der Waals surface area contributed by atoms with Crippen molar-refractivity contribution >= 4 is 39.1 Å². The minimum absolute atomic E-state index is 0.0154. The molecule has 0 aliphatic rings. The summed E-state index contributed by atoms with van der Waals surface area (Å²) < 4.78 is 15.9. The number of anilines is 1. The maximum absolute atomic E-state index is 13.4. The van der Waals surface area contributed by atoms with Crippen molar-refractivity contribution in [3.63, 3.8) is 0 Å². The third-order valence-electron chi connectivity index (χ3n) is 4.75. The summed E-state index contributed by atoms with van der Waals surface area (Å²) >= 11 is 9.71. The van der Waals surface area contributed by atoms with Crippen molar-refractivity contribution in [3.8, 4) is 17.1 Å². The van der Waals surface area contributed by atoms with E-state index in [-0.39, 0.29) is 11.6 Å². The predicted molar refractivity (Wildman–Crippen MR) is 123 cm³/mol. The fourth-order valence-corrected chi connectivity index (χ4v) is 3.68. The van der Waals surface area contributed by atoms with Crippen LogP contribution >= 0.6 is 27.5 Å². The van der Waals surface area contributed by atoms with Gasteiger partial charge in [-0.1, -0.05) is 33.6 Å². The first kappa shape index (κ1) is 21.2. The molecule has 0 saturated heterocycles. The molecule has 4 rings (SSSR count). The van der Waals surface area contributed by atoms with Crippen LogP contribution in [-0.2, 0) is 0 Å². The molecule has 0 fully saturated rings. The second kappa shape index (κ2) is 8.61. The smallest absolute Gasteiger partial charge is 0.295 e. The van der Waals surface area contributed by atoms with Crippen molar-refractivity contribution in [3.05, 3.63) is 92.9 Å². The number of amides is 1. The summed E-state index contributed by atoms with van der Waals surface area (Å²) in [5, 5.41) is 7.83. The van der Waals surface area contributed by atoms with Crippen LogP contribution in [0.4, 0.5) is 10.1 Å².